The van der Waals surface area contributed by atoms with Crippen LogP contribution >= 0.6 is 12.6 Å². The fourth-order valence-corrected chi connectivity index (χ4v) is 1.84. The van der Waals surface area contributed by atoms with Gasteiger partial charge < -0.3 is 10.1 Å². The number of urea groups is 2. The van der Waals surface area contributed by atoms with Crippen LogP contribution in [0.1, 0.15) is 6.92 Å². The number of methoxy groups -OCH3 is 1. The normalized spacial score (nSPS) is 23.4. The number of hydrazine groups is 1. The Morgan fingerprint density at radius 1 is 1.32 bits per heavy atom. The van der Waals surface area contributed by atoms with E-state index >= 15 is 0 Å². The van der Waals surface area contributed by atoms with Crippen molar-refractivity contribution in [1.29, 1.82) is 0 Å². The second-order valence-electron chi connectivity index (χ2n) is 4.14. The number of amides is 4. The summed E-state index contributed by atoms with van der Waals surface area (Å²) in [7, 11) is 1.53. The molecule has 19 heavy (non-hydrogen) atoms. The van der Waals surface area contributed by atoms with Crippen LogP contribution in [0.15, 0.2) is 24.3 Å². The minimum absolute atomic E-state index is 0.391. The van der Waals surface area contributed by atoms with E-state index in [9.17, 15) is 9.59 Å². The Labute approximate surface area is 115 Å². The number of carbonyl (C=O) groups is 2. The van der Waals surface area contributed by atoms with Crippen LogP contribution in [0.2, 0.25) is 0 Å². The highest BCUT2D eigenvalue weighted by atomic mass is 32.1. The number of rotatable bonds is 2. The van der Waals surface area contributed by atoms with E-state index in [-0.39, 0.29) is 0 Å². The summed E-state index contributed by atoms with van der Waals surface area (Å²) in [5.74, 6) is 6.25. The van der Waals surface area contributed by atoms with Crippen LogP contribution in [-0.2, 0) is 0 Å². The standard InChI is InChI=1S/C11H14N4O3S/c1-11(19)13-9(16)14(10(17)15(11)12)7-3-5-8(18-2)6-4-7/h3-6,19H,12H2,1-2H3,(H,13,16). The largest absolute Gasteiger partial charge is 0.497 e. The maximum Gasteiger partial charge on any atom is 0.349 e. The quantitative estimate of drug-likeness (QED) is 0.431. The van der Waals surface area contributed by atoms with Crippen molar-refractivity contribution in [2.45, 2.75) is 11.9 Å². The van der Waals surface area contributed by atoms with Crippen molar-refractivity contribution < 1.29 is 14.3 Å². The lowest BCUT2D eigenvalue weighted by Gasteiger charge is -2.42. The molecule has 0 saturated carbocycles. The minimum atomic E-state index is -1.23. The topological polar surface area (TPSA) is 87.9 Å². The lowest BCUT2D eigenvalue weighted by atomic mass is 10.2. The molecule has 4 amide bonds. The first-order chi connectivity index (χ1) is 8.86. The highest BCUT2D eigenvalue weighted by molar-refractivity contribution is 7.81. The Balaban J connectivity index is 2.33. The van der Waals surface area contributed by atoms with E-state index in [0.717, 1.165) is 9.91 Å². The molecule has 8 heteroatoms. The molecule has 0 spiro atoms. The van der Waals surface area contributed by atoms with Crippen LogP contribution in [0.25, 0.3) is 0 Å². The van der Waals surface area contributed by atoms with Gasteiger partial charge in [-0.05, 0) is 31.2 Å². The average Bonchev–Trinajstić information content (AvgIpc) is 2.36. The van der Waals surface area contributed by atoms with E-state index in [1.807, 2.05) is 0 Å². The SMILES string of the molecule is COc1ccc(N2C(=O)NC(C)(S)N(N)C2=O)cc1. The number of nitrogens with two attached hydrogens (primary N) is 1. The smallest absolute Gasteiger partial charge is 0.349 e. The molecule has 1 unspecified atom stereocenters. The van der Waals surface area contributed by atoms with Crippen molar-refractivity contribution in [3.63, 3.8) is 0 Å². The van der Waals surface area contributed by atoms with Crippen LogP contribution in [0.4, 0.5) is 15.3 Å². The fraction of sp³-hybridized carbons (Fsp3) is 0.273. The molecule has 102 valence electrons. The van der Waals surface area contributed by atoms with Crippen molar-refractivity contribution in [2.24, 2.45) is 5.84 Å². The third-order valence-corrected chi connectivity index (χ3v) is 3.07. The van der Waals surface area contributed by atoms with Gasteiger partial charge in [0.2, 0.25) is 0 Å². The van der Waals surface area contributed by atoms with E-state index in [0.29, 0.717) is 11.4 Å². The molecule has 1 aliphatic heterocycles. The second kappa shape index (κ2) is 4.63. The molecule has 0 aromatic heterocycles. The Hall–Kier alpha value is -1.93. The van der Waals surface area contributed by atoms with Crippen molar-refractivity contribution in [2.75, 3.05) is 12.0 Å². The maximum absolute atomic E-state index is 12.1. The van der Waals surface area contributed by atoms with Gasteiger partial charge in [-0.1, -0.05) is 0 Å². The molecule has 3 N–H and O–H groups in total. The van der Waals surface area contributed by atoms with Gasteiger partial charge >= 0.3 is 12.1 Å². The van der Waals surface area contributed by atoms with Crippen molar-refractivity contribution in [3.05, 3.63) is 24.3 Å². The lowest BCUT2D eigenvalue weighted by molar-refractivity contribution is 0.147. The van der Waals surface area contributed by atoms with E-state index < -0.39 is 17.1 Å². The van der Waals surface area contributed by atoms with Gasteiger partial charge in [0.1, 0.15) is 5.75 Å². The number of carbonyl (C=O) groups excluding carboxylic acids is 2. The Bertz CT molecular complexity index is 517. The van der Waals surface area contributed by atoms with Gasteiger partial charge in [-0.15, -0.1) is 12.6 Å². The molecule has 1 aromatic rings. The van der Waals surface area contributed by atoms with Gasteiger partial charge in [-0.2, -0.15) is 0 Å². The Kier molecular flexibility index (Phi) is 3.29. The number of hydrogen-bond acceptors (Lipinski definition) is 5. The number of imide groups is 1. The molecule has 0 radical (unpaired) electrons. The van der Waals surface area contributed by atoms with E-state index in [1.165, 1.54) is 14.0 Å². The minimum Gasteiger partial charge on any atom is -0.497 e. The van der Waals surface area contributed by atoms with Gasteiger partial charge in [0.25, 0.3) is 0 Å². The molecule has 0 bridgehead atoms. The predicted molar refractivity (Wildman–Crippen MR) is 72.8 cm³/mol. The average molecular weight is 282 g/mol. The molecular formula is C11H14N4O3S. The summed E-state index contributed by atoms with van der Waals surface area (Å²) in [6.45, 7) is 1.51. The van der Waals surface area contributed by atoms with E-state index in [4.69, 9.17) is 10.6 Å². The summed E-state index contributed by atoms with van der Waals surface area (Å²) >= 11 is 4.12. The van der Waals surface area contributed by atoms with Crippen LogP contribution in [0, 0.1) is 0 Å². The van der Waals surface area contributed by atoms with Crippen molar-refractivity contribution in [3.8, 4) is 5.75 Å². The number of ether oxygens (including phenoxy) is 1. The van der Waals surface area contributed by atoms with Crippen LogP contribution in [0.3, 0.4) is 0 Å². The van der Waals surface area contributed by atoms with Crippen molar-refractivity contribution in [1.82, 2.24) is 10.3 Å². The fourth-order valence-electron chi connectivity index (χ4n) is 1.66. The van der Waals surface area contributed by atoms with Crippen LogP contribution < -0.4 is 20.8 Å². The number of nitrogens with zero attached hydrogens (tertiary/aromatic N) is 2. The number of hydrogen-bond donors (Lipinski definition) is 3. The summed E-state index contributed by atoms with van der Waals surface area (Å²) in [4.78, 5) is 23.7. The molecule has 1 atom stereocenters. The van der Waals surface area contributed by atoms with Crippen LogP contribution in [-0.4, -0.2) is 29.2 Å². The summed E-state index contributed by atoms with van der Waals surface area (Å²) < 4.78 is 5.01. The molecule has 1 saturated heterocycles. The van der Waals surface area contributed by atoms with E-state index in [2.05, 4.69) is 17.9 Å². The maximum atomic E-state index is 12.1. The first kappa shape index (κ1) is 13.5. The first-order valence-electron chi connectivity index (χ1n) is 5.44. The van der Waals surface area contributed by atoms with Gasteiger partial charge in [0.05, 0.1) is 12.8 Å². The van der Waals surface area contributed by atoms with Gasteiger partial charge in [0, 0.05) is 0 Å². The number of thiol groups is 1. The summed E-state index contributed by atoms with van der Waals surface area (Å²) in [6.07, 6.45) is 0. The number of benzene rings is 1. The molecule has 1 aromatic carbocycles. The summed E-state index contributed by atoms with van der Waals surface area (Å²) in [5.41, 5.74) is 0.391. The van der Waals surface area contributed by atoms with Crippen LogP contribution in [0.5, 0.6) is 5.75 Å². The zero-order valence-corrected chi connectivity index (χ0v) is 11.3. The third-order valence-electron chi connectivity index (χ3n) is 2.74. The first-order valence-corrected chi connectivity index (χ1v) is 5.89. The zero-order chi connectivity index (χ0) is 14.2. The van der Waals surface area contributed by atoms with Gasteiger partial charge in [-0.3, -0.25) is 0 Å². The zero-order valence-electron chi connectivity index (χ0n) is 10.5. The van der Waals surface area contributed by atoms with Gasteiger partial charge in [-0.25, -0.2) is 25.3 Å². The predicted octanol–water partition coefficient (Wildman–Crippen LogP) is 1.12. The molecular weight excluding hydrogens is 268 g/mol. The third kappa shape index (κ3) is 2.32. The van der Waals surface area contributed by atoms with Crippen molar-refractivity contribution >= 4 is 30.4 Å². The highest BCUT2D eigenvalue weighted by Crippen LogP contribution is 2.26. The monoisotopic (exact) mass is 282 g/mol. The lowest BCUT2D eigenvalue weighted by Crippen LogP contribution is -2.71. The highest BCUT2D eigenvalue weighted by Gasteiger charge is 2.43. The molecule has 1 heterocycles. The Morgan fingerprint density at radius 3 is 2.42 bits per heavy atom. The molecule has 2 rings (SSSR count). The number of anilines is 1. The molecule has 1 aliphatic rings. The summed E-state index contributed by atoms with van der Waals surface area (Å²) in [5, 5.41) is 3.36. The molecule has 0 aliphatic carbocycles. The number of nitrogens with one attached hydrogen (secondary N) is 1. The van der Waals surface area contributed by atoms with Gasteiger partial charge in [0.15, 0.2) is 4.99 Å². The Morgan fingerprint density at radius 2 is 1.89 bits per heavy atom. The summed E-state index contributed by atoms with van der Waals surface area (Å²) in [6, 6.07) is 5.22. The van der Waals surface area contributed by atoms with E-state index in [1.54, 1.807) is 24.3 Å². The second-order valence-corrected chi connectivity index (χ2v) is 5.01. The molecule has 1 fully saturated rings. The molecule has 7 nitrogen and oxygen atoms in total.